The summed E-state index contributed by atoms with van der Waals surface area (Å²) in [7, 11) is 0. The van der Waals surface area contributed by atoms with Gasteiger partial charge in [0.15, 0.2) is 5.65 Å². The van der Waals surface area contributed by atoms with Gasteiger partial charge >= 0.3 is 5.69 Å². The number of aromatic nitrogens is 5. The maximum Gasteiger partial charge on any atom is 0.325 e. The molecule has 1 unspecified atom stereocenters. The lowest BCUT2D eigenvalue weighted by molar-refractivity contribution is 0.224. The van der Waals surface area contributed by atoms with E-state index in [9.17, 15) is 14.0 Å². The van der Waals surface area contributed by atoms with Gasteiger partial charge in [0.05, 0.1) is 17.8 Å². The van der Waals surface area contributed by atoms with E-state index < -0.39 is 11.2 Å². The fraction of sp³-hybridized carbons (Fsp3) is 0.200. The van der Waals surface area contributed by atoms with Crippen LogP contribution in [0.15, 0.2) is 58.5 Å². The zero-order valence-corrected chi connectivity index (χ0v) is 15.7. The molecule has 152 valence electrons. The lowest BCUT2D eigenvalue weighted by Gasteiger charge is -2.20. The molecule has 0 spiro atoms. The van der Waals surface area contributed by atoms with E-state index in [1.165, 1.54) is 18.3 Å². The summed E-state index contributed by atoms with van der Waals surface area (Å²) < 4.78 is 20.7. The zero-order chi connectivity index (χ0) is 20.7. The Bertz CT molecular complexity index is 1330. The van der Waals surface area contributed by atoms with Gasteiger partial charge in [-0.05, 0) is 30.3 Å². The lowest BCUT2D eigenvalue weighted by atomic mass is 10.2. The molecule has 4 aromatic rings. The maximum absolute atomic E-state index is 13.1. The molecule has 5 rings (SSSR count). The van der Waals surface area contributed by atoms with E-state index in [0.717, 1.165) is 18.7 Å². The van der Waals surface area contributed by atoms with Crippen LogP contribution in [0.4, 0.5) is 10.1 Å². The van der Waals surface area contributed by atoms with Gasteiger partial charge in [0.1, 0.15) is 23.4 Å². The van der Waals surface area contributed by atoms with E-state index in [4.69, 9.17) is 4.74 Å². The number of imidazole rings is 1. The minimum absolute atomic E-state index is 0.0708. The van der Waals surface area contributed by atoms with Crippen molar-refractivity contribution < 1.29 is 9.13 Å². The van der Waals surface area contributed by atoms with Crippen molar-refractivity contribution in [2.45, 2.75) is 12.5 Å². The normalized spacial score (nSPS) is 16.3. The summed E-state index contributed by atoms with van der Waals surface area (Å²) in [5.74, 6) is 0.308. The number of nitrogens with zero attached hydrogens (tertiary/aromatic N) is 4. The predicted octanol–water partition coefficient (Wildman–Crippen LogP) is 1.57. The Morgan fingerprint density at radius 1 is 1.20 bits per heavy atom. The van der Waals surface area contributed by atoms with Gasteiger partial charge < -0.3 is 14.6 Å². The third-order valence-corrected chi connectivity index (χ3v) is 5.04. The van der Waals surface area contributed by atoms with Crippen molar-refractivity contribution in [3.63, 3.8) is 0 Å². The van der Waals surface area contributed by atoms with Gasteiger partial charge in [0.25, 0.3) is 5.56 Å². The smallest absolute Gasteiger partial charge is 0.325 e. The van der Waals surface area contributed by atoms with E-state index in [0.29, 0.717) is 23.6 Å². The average Bonchev–Trinajstić information content (AvgIpc) is 3.38. The highest BCUT2D eigenvalue weighted by molar-refractivity contribution is 5.74. The highest BCUT2D eigenvalue weighted by Gasteiger charge is 2.27. The summed E-state index contributed by atoms with van der Waals surface area (Å²) in [6, 6.07) is 7.74. The minimum Gasteiger partial charge on any atom is -0.489 e. The van der Waals surface area contributed by atoms with Gasteiger partial charge in [0.2, 0.25) is 0 Å². The van der Waals surface area contributed by atoms with Gasteiger partial charge in [0, 0.05) is 31.6 Å². The van der Waals surface area contributed by atoms with Crippen LogP contribution >= 0.6 is 0 Å². The number of benzene rings is 1. The number of anilines is 1. The Labute approximate surface area is 168 Å². The highest BCUT2D eigenvalue weighted by Crippen LogP contribution is 2.29. The predicted molar refractivity (Wildman–Crippen MR) is 107 cm³/mol. The molecule has 1 fully saturated rings. The number of halogens is 1. The highest BCUT2D eigenvalue weighted by atomic mass is 19.1. The molecule has 1 aromatic carbocycles. The molecular formula is C20H17FN6O3. The number of aromatic amines is 2. The number of hydrogen-bond acceptors (Lipinski definition) is 6. The van der Waals surface area contributed by atoms with Gasteiger partial charge in [-0.2, -0.15) is 5.10 Å². The molecule has 0 amide bonds. The van der Waals surface area contributed by atoms with Crippen LogP contribution in [0, 0.1) is 5.82 Å². The molecule has 1 aliphatic heterocycles. The summed E-state index contributed by atoms with van der Waals surface area (Å²) in [6.45, 7) is 1.32. The molecule has 9 nitrogen and oxygen atoms in total. The Balaban J connectivity index is 1.47. The fourth-order valence-electron chi connectivity index (χ4n) is 3.61. The minimum atomic E-state index is -0.576. The van der Waals surface area contributed by atoms with E-state index >= 15 is 0 Å². The van der Waals surface area contributed by atoms with Crippen molar-refractivity contribution >= 4 is 11.3 Å². The van der Waals surface area contributed by atoms with Crippen molar-refractivity contribution in [2.75, 3.05) is 18.0 Å². The van der Waals surface area contributed by atoms with E-state index in [2.05, 4.69) is 25.0 Å². The first-order valence-electron chi connectivity index (χ1n) is 9.41. The van der Waals surface area contributed by atoms with Crippen molar-refractivity contribution in [2.24, 2.45) is 0 Å². The first-order valence-corrected chi connectivity index (χ1v) is 9.41. The molecule has 0 saturated carbocycles. The Morgan fingerprint density at radius 3 is 2.83 bits per heavy atom. The van der Waals surface area contributed by atoms with Gasteiger partial charge in [-0.3, -0.25) is 9.78 Å². The molecule has 10 heteroatoms. The molecule has 4 heterocycles. The monoisotopic (exact) mass is 408 g/mol. The summed E-state index contributed by atoms with van der Waals surface area (Å²) in [5, 5.41) is 4.44. The first-order chi connectivity index (χ1) is 14.6. The molecule has 0 bridgehead atoms. The zero-order valence-electron chi connectivity index (χ0n) is 15.7. The van der Waals surface area contributed by atoms with Crippen LogP contribution in [0.2, 0.25) is 0 Å². The van der Waals surface area contributed by atoms with Crippen molar-refractivity contribution in [3.8, 4) is 17.0 Å². The van der Waals surface area contributed by atoms with Gasteiger partial charge in [-0.1, -0.05) is 0 Å². The van der Waals surface area contributed by atoms with Crippen molar-refractivity contribution in [1.29, 1.82) is 0 Å². The van der Waals surface area contributed by atoms with Crippen LogP contribution in [0.1, 0.15) is 6.42 Å². The van der Waals surface area contributed by atoms with Crippen LogP contribution < -0.4 is 20.9 Å². The summed E-state index contributed by atoms with van der Waals surface area (Å²) >= 11 is 0. The second-order valence-electron chi connectivity index (χ2n) is 7.02. The lowest BCUT2D eigenvalue weighted by Crippen LogP contribution is -2.26. The SMILES string of the molecule is O=c1[nH]cc(-c2cc(N3CCC(Oc4ccc(F)cc4)C3)c3nccn3n2)c(=O)[nH]1. The van der Waals surface area contributed by atoms with Gasteiger partial charge in [-0.15, -0.1) is 0 Å². The maximum atomic E-state index is 13.1. The molecule has 1 aliphatic rings. The average molecular weight is 408 g/mol. The van der Waals surface area contributed by atoms with Crippen LogP contribution in [0.25, 0.3) is 16.9 Å². The van der Waals surface area contributed by atoms with Gasteiger partial charge in [-0.25, -0.2) is 18.7 Å². The molecule has 3 aromatic heterocycles. The van der Waals surface area contributed by atoms with Crippen LogP contribution in [-0.4, -0.2) is 43.8 Å². The van der Waals surface area contributed by atoms with Crippen LogP contribution in [-0.2, 0) is 0 Å². The molecule has 2 N–H and O–H groups in total. The second kappa shape index (κ2) is 7.14. The van der Waals surface area contributed by atoms with E-state index in [1.807, 2.05) is 0 Å². The summed E-state index contributed by atoms with van der Waals surface area (Å²) in [6.07, 6.45) is 5.39. The van der Waals surface area contributed by atoms with Crippen LogP contribution in [0.5, 0.6) is 5.75 Å². The molecule has 30 heavy (non-hydrogen) atoms. The van der Waals surface area contributed by atoms with Crippen molar-refractivity contribution in [3.05, 3.63) is 75.6 Å². The number of nitrogens with one attached hydrogen (secondary N) is 2. The Hall–Kier alpha value is -3.95. The standard InChI is InChI=1S/C20H17FN6O3/c21-12-1-3-13(4-2-12)30-14-5-7-26(11-14)17-9-16(25-27-8-6-22-18(17)27)15-10-23-20(29)24-19(15)28/h1-4,6,8-10,14H,5,7,11H2,(H2,23,24,28,29). The fourth-order valence-corrected chi connectivity index (χ4v) is 3.61. The molecule has 0 aliphatic carbocycles. The largest absolute Gasteiger partial charge is 0.489 e. The van der Waals surface area contributed by atoms with Crippen molar-refractivity contribution in [1.82, 2.24) is 24.6 Å². The number of ether oxygens (including phenoxy) is 1. The summed E-state index contributed by atoms with van der Waals surface area (Å²) in [5.41, 5.74) is 1.03. The first kappa shape index (κ1) is 18.1. The third-order valence-electron chi connectivity index (χ3n) is 5.04. The second-order valence-corrected chi connectivity index (χ2v) is 7.02. The third kappa shape index (κ3) is 3.32. The topological polar surface area (TPSA) is 108 Å². The number of fused-ring (bicyclic) bond motifs is 1. The molecule has 0 radical (unpaired) electrons. The van der Waals surface area contributed by atoms with E-state index in [-0.39, 0.29) is 17.5 Å². The number of rotatable bonds is 4. The molecule has 1 saturated heterocycles. The van der Waals surface area contributed by atoms with Crippen LogP contribution in [0.3, 0.4) is 0 Å². The van der Waals surface area contributed by atoms with E-state index in [1.54, 1.807) is 35.1 Å². The number of hydrogen-bond donors (Lipinski definition) is 2. The quantitative estimate of drug-likeness (QED) is 0.531. The Kier molecular flexibility index (Phi) is 4.31. The molecular weight excluding hydrogens is 391 g/mol. The number of H-pyrrole nitrogens is 2. The molecule has 1 atom stereocenters. The summed E-state index contributed by atoms with van der Waals surface area (Å²) in [4.78, 5) is 34.7. The Morgan fingerprint density at radius 2 is 2.03 bits per heavy atom.